The fraction of sp³-hybridized carbons (Fsp3) is 0.568. The molecule has 2 aromatic carbocycles. The third-order valence-electron chi connectivity index (χ3n) is 8.32. The van der Waals surface area contributed by atoms with Crippen molar-refractivity contribution in [1.29, 1.82) is 0 Å². The predicted octanol–water partition coefficient (Wildman–Crippen LogP) is 4.96. The van der Waals surface area contributed by atoms with Gasteiger partial charge in [0, 0.05) is 0 Å². The van der Waals surface area contributed by atoms with Crippen molar-refractivity contribution >= 4 is 17.5 Å². The van der Waals surface area contributed by atoms with Crippen LogP contribution in [0.4, 0.5) is 0 Å². The smallest absolute Gasteiger partial charge is 0.343 e. The summed E-state index contributed by atoms with van der Waals surface area (Å²) in [6, 6.07) is 14.2. The van der Waals surface area contributed by atoms with Crippen molar-refractivity contribution in [1.82, 2.24) is 0 Å². The number of carboxylic acids is 1. The highest BCUT2D eigenvalue weighted by molar-refractivity contribution is 6.20. The zero-order chi connectivity index (χ0) is 34.2. The lowest BCUT2D eigenvalue weighted by Crippen LogP contribution is -2.40. The summed E-state index contributed by atoms with van der Waals surface area (Å²) in [4.78, 5) is 23.9. The summed E-state index contributed by atoms with van der Waals surface area (Å²) in [5.41, 5.74) is 4.92. The van der Waals surface area contributed by atoms with Gasteiger partial charge in [-0.05, 0) is 68.7 Å². The van der Waals surface area contributed by atoms with Crippen LogP contribution in [0.15, 0.2) is 48.2 Å². The molecule has 0 saturated heterocycles. The number of carboxylic acid groups (broad SMARTS) is 1. The first-order chi connectivity index (χ1) is 23.3. The Kier molecular flexibility index (Phi) is 15.3. The van der Waals surface area contributed by atoms with Crippen LogP contribution in [0.5, 0.6) is 0 Å². The largest absolute Gasteiger partial charge is 0.488 e. The minimum absolute atomic E-state index is 0.0508. The summed E-state index contributed by atoms with van der Waals surface area (Å²) in [6.45, 7) is 10.3. The van der Waals surface area contributed by atoms with Crippen molar-refractivity contribution in [2.45, 2.75) is 64.8 Å². The third-order valence-corrected chi connectivity index (χ3v) is 8.32. The Bertz CT molecular complexity index is 1310. The number of hydrogen-bond donors (Lipinski definition) is 1. The Morgan fingerprint density at radius 1 is 0.792 bits per heavy atom. The molecule has 0 bridgehead atoms. The molecule has 0 aromatic heterocycles. The topological polar surface area (TPSA) is 128 Å². The lowest BCUT2D eigenvalue weighted by Gasteiger charge is -2.37. The van der Waals surface area contributed by atoms with E-state index in [-0.39, 0.29) is 25.3 Å². The molecular weight excluding hydrogens is 620 g/mol. The molecule has 1 spiro atoms. The molecule has 1 heterocycles. The molecule has 4 rings (SSSR count). The van der Waals surface area contributed by atoms with Gasteiger partial charge in [-0.15, -0.1) is 0 Å². The van der Waals surface area contributed by atoms with E-state index in [0.717, 1.165) is 40.7 Å². The van der Waals surface area contributed by atoms with Crippen molar-refractivity contribution in [2.75, 3.05) is 72.7 Å². The Morgan fingerprint density at radius 3 is 1.85 bits per heavy atom. The molecule has 1 aliphatic carbocycles. The molecule has 0 radical (unpaired) electrons. The summed E-state index contributed by atoms with van der Waals surface area (Å²) >= 11 is 0. The van der Waals surface area contributed by atoms with Gasteiger partial charge in [-0.1, -0.05) is 48.0 Å². The maximum Gasteiger partial charge on any atom is 0.343 e. The van der Waals surface area contributed by atoms with E-state index in [1.54, 1.807) is 0 Å². The molecule has 2 aromatic rings. The van der Waals surface area contributed by atoms with Gasteiger partial charge in [0.2, 0.25) is 0 Å². The van der Waals surface area contributed by atoms with E-state index < -0.39 is 11.6 Å². The van der Waals surface area contributed by atoms with Gasteiger partial charge < -0.3 is 43.0 Å². The molecule has 1 saturated carbocycles. The van der Waals surface area contributed by atoms with Crippen LogP contribution in [0, 0.1) is 20.8 Å². The quantitative estimate of drug-likeness (QED) is 0.135. The van der Waals surface area contributed by atoms with Crippen molar-refractivity contribution < 1.29 is 52.6 Å². The highest BCUT2D eigenvalue weighted by atomic mass is 16.6. The summed E-state index contributed by atoms with van der Waals surface area (Å²) in [5, 5.41) is 8.48. The molecule has 1 N–H and O–H groups in total. The average Bonchev–Trinajstić information content (AvgIpc) is 3.31. The van der Waals surface area contributed by atoms with Gasteiger partial charge in [0.25, 0.3) is 0 Å². The van der Waals surface area contributed by atoms with Gasteiger partial charge in [-0.25, -0.2) is 9.59 Å². The number of esters is 1. The van der Waals surface area contributed by atoms with Crippen molar-refractivity contribution in [3.63, 3.8) is 0 Å². The Morgan fingerprint density at radius 2 is 1.31 bits per heavy atom. The minimum atomic E-state index is -0.999. The normalized spacial score (nSPS) is 19.2. The molecule has 264 valence electrons. The fourth-order valence-electron chi connectivity index (χ4n) is 6.18. The van der Waals surface area contributed by atoms with Gasteiger partial charge in [0.1, 0.15) is 18.8 Å². The molecule has 2 aliphatic rings. The number of carbonyl (C=O) groups is 2. The van der Waals surface area contributed by atoms with E-state index in [1.807, 2.05) is 44.2 Å². The van der Waals surface area contributed by atoms with E-state index in [0.29, 0.717) is 90.2 Å². The fourth-order valence-corrected chi connectivity index (χ4v) is 6.18. The number of benzene rings is 2. The van der Waals surface area contributed by atoms with E-state index in [2.05, 4.69) is 19.1 Å². The highest BCUT2D eigenvalue weighted by Gasteiger charge is 2.52. The second-order valence-corrected chi connectivity index (χ2v) is 12.1. The lowest BCUT2D eigenvalue weighted by molar-refractivity contribution is -0.154. The summed E-state index contributed by atoms with van der Waals surface area (Å²) < 4.78 is 45.7. The van der Waals surface area contributed by atoms with Gasteiger partial charge in [-0.3, -0.25) is 0 Å². The zero-order valence-corrected chi connectivity index (χ0v) is 28.5. The van der Waals surface area contributed by atoms with Gasteiger partial charge in [0.05, 0.1) is 72.2 Å². The number of aliphatic carboxylic acids is 1. The number of ether oxygens (including phenoxy) is 8. The summed E-state index contributed by atoms with van der Waals surface area (Å²) in [5.74, 6) is -0.672. The Balaban J connectivity index is 1.15. The standard InChI is InChI=1S/C37H50O11/c1-27-23-28(2)33(29(3)24-27)34-35(47-25-30-7-5-4-6-8-30)37(48-36(34)40)11-9-31(10-12-37)46-22-21-44-18-17-42-14-13-41-15-16-43-19-20-45-26-32(38)39/h4-8,23-24,31H,9-22,25-26H2,1-3H3,(H,38,39)/t31-,37+. The summed E-state index contributed by atoms with van der Waals surface area (Å²) in [6.07, 6.45) is 2.81. The molecule has 48 heavy (non-hydrogen) atoms. The first-order valence-electron chi connectivity index (χ1n) is 16.7. The molecule has 0 atom stereocenters. The molecule has 11 nitrogen and oxygen atoms in total. The predicted molar refractivity (Wildman–Crippen MR) is 178 cm³/mol. The Labute approximate surface area is 283 Å². The van der Waals surface area contributed by atoms with Crippen LogP contribution in [0.3, 0.4) is 0 Å². The van der Waals surface area contributed by atoms with E-state index in [1.165, 1.54) is 0 Å². The number of carbonyl (C=O) groups excluding carboxylic acids is 1. The van der Waals surface area contributed by atoms with Gasteiger partial charge in [0.15, 0.2) is 11.4 Å². The monoisotopic (exact) mass is 670 g/mol. The van der Waals surface area contributed by atoms with Crippen LogP contribution in [0.25, 0.3) is 5.57 Å². The second kappa shape index (κ2) is 19.6. The zero-order valence-electron chi connectivity index (χ0n) is 28.5. The van der Waals surface area contributed by atoms with Crippen LogP contribution in [-0.2, 0) is 54.1 Å². The lowest BCUT2D eigenvalue weighted by atomic mass is 9.80. The van der Waals surface area contributed by atoms with E-state index in [4.69, 9.17) is 43.0 Å². The van der Waals surface area contributed by atoms with Crippen molar-refractivity contribution in [3.8, 4) is 0 Å². The first kappa shape index (κ1) is 37.5. The van der Waals surface area contributed by atoms with Gasteiger partial charge in [-0.2, -0.15) is 0 Å². The van der Waals surface area contributed by atoms with Crippen LogP contribution >= 0.6 is 0 Å². The molecular formula is C37H50O11. The highest BCUT2D eigenvalue weighted by Crippen LogP contribution is 2.48. The van der Waals surface area contributed by atoms with Gasteiger partial charge >= 0.3 is 11.9 Å². The van der Waals surface area contributed by atoms with Crippen LogP contribution in [0.1, 0.15) is 53.5 Å². The molecule has 1 fully saturated rings. The second-order valence-electron chi connectivity index (χ2n) is 12.1. The summed E-state index contributed by atoms with van der Waals surface area (Å²) in [7, 11) is 0. The van der Waals surface area contributed by atoms with Crippen molar-refractivity contribution in [3.05, 3.63) is 76.0 Å². The van der Waals surface area contributed by atoms with Crippen LogP contribution in [-0.4, -0.2) is 101 Å². The molecule has 11 heteroatoms. The number of aryl methyl sites for hydroxylation is 3. The van der Waals surface area contributed by atoms with E-state index in [9.17, 15) is 9.59 Å². The maximum atomic E-state index is 13.5. The third kappa shape index (κ3) is 11.4. The van der Waals surface area contributed by atoms with Crippen molar-refractivity contribution in [2.24, 2.45) is 0 Å². The van der Waals surface area contributed by atoms with E-state index >= 15 is 0 Å². The number of hydrogen-bond acceptors (Lipinski definition) is 10. The Hall–Kier alpha value is -3.32. The average molecular weight is 671 g/mol. The molecule has 0 unspecified atom stereocenters. The minimum Gasteiger partial charge on any atom is -0.488 e. The molecule has 0 amide bonds. The van der Waals surface area contributed by atoms with Crippen LogP contribution in [0.2, 0.25) is 0 Å². The molecule has 1 aliphatic heterocycles. The maximum absolute atomic E-state index is 13.5. The first-order valence-corrected chi connectivity index (χ1v) is 16.7. The van der Waals surface area contributed by atoms with Crippen LogP contribution < -0.4 is 0 Å². The SMILES string of the molecule is Cc1cc(C)c(C2=C(OCc3ccccc3)[C@]3(CC[C@H](OCCOCCOCCOCCOCCOCC(=O)O)CC3)OC2=O)c(C)c1. The number of rotatable bonds is 22.